The van der Waals surface area contributed by atoms with Crippen LogP contribution in [0.3, 0.4) is 0 Å². The van der Waals surface area contributed by atoms with E-state index in [1.54, 1.807) is 6.08 Å². The Hall–Kier alpha value is -2.38. The summed E-state index contributed by atoms with van der Waals surface area (Å²) in [5.74, 6) is -0.211. The van der Waals surface area contributed by atoms with Crippen LogP contribution < -0.4 is 5.32 Å². The van der Waals surface area contributed by atoms with Gasteiger partial charge in [0.25, 0.3) is 0 Å². The molecule has 0 bridgehead atoms. The van der Waals surface area contributed by atoms with Gasteiger partial charge in [0.15, 0.2) is 6.29 Å². The van der Waals surface area contributed by atoms with Gasteiger partial charge in [-0.05, 0) is 89.9 Å². The van der Waals surface area contributed by atoms with Crippen molar-refractivity contribution in [1.29, 1.82) is 0 Å². The van der Waals surface area contributed by atoms with E-state index in [9.17, 15) is 35.1 Å². The Balaban J connectivity index is 2.01. The number of esters is 1. The molecule has 11 nitrogen and oxygen atoms in total. The van der Waals surface area contributed by atoms with Crippen LogP contribution in [0.5, 0.6) is 0 Å². The summed E-state index contributed by atoms with van der Waals surface area (Å²) in [5.41, 5.74) is 0. The lowest BCUT2D eigenvalue weighted by molar-refractivity contribution is -0.302. The number of aliphatic hydroxyl groups is 5. The van der Waals surface area contributed by atoms with Gasteiger partial charge in [-0.3, -0.25) is 9.59 Å². The summed E-state index contributed by atoms with van der Waals surface area (Å²) < 4.78 is 16.7. The van der Waals surface area contributed by atoms with Gasteiger partial charge < -0.3 is 45.1 Å². The number of hydrogen-bond donors (Lipinski definition) is 6. The molecule has 1 aliphatic rings. The first-order valence-electron chi connectivity index (χ1n) is 30.9. The summed E-state index contributed by atoms with van der Waals surface area (Å²) in [7, 11) is 0. The van der Waals surface area contributed by atoms with Crippen molar-refractivity contribution in [3.05, 3.63) is 48.6 Å². The summed E-state index contributed by atoms with van der Waals surface area (Å²) in [6.45, 7) is 4.28. The molecule has 7 atom stereocenters. The molecule has 74 heavy (non-hydrogen) atoms. The standard InChI is InChI=1S/C63H115NO10/c1-3-5-7-9-11-13-14-15-16-25-28-31-35-39-43-47-51-59(68)72-52-48-44-40-36-32-29-26-23-21-19-17-18-20-22-24-27-30-34-38-42-46-50-58(67)64-55(56(66)49-45-41-37-33-12-10-8-6-4-2)54-73-63-62(71)61(70)60(69)57(53-65)74-63/h13-14,16,18,20,25,45,49,55-57,60-63,65-66,69-71H,3-12,15,17,19,21-24,26-44,46-48,50-54H2,1-2H3,(H,64,67)/b14-13-,20-18-,25-16-,49-45+. The van der Waals surface area contributed by atoms with Crippen LogP contribution >= 0.6 is 0 Å². The van der Waals surface area contributed by atoms with Crippen LogP contribution in [0.4, 0.5) is 0 Å². The first-order chi connectivity index (χ1) is 36.2. The quantitative estimate of drug-likeness (QED) is 0.0195. The zero-order valence-corrected chi connectivity index (χ0v) is 47.6. The van der Waals surface area contributed by atoms with E-state index in [4.69, 9.17) is 14.2 Å². The van der Waals surface area contributed by atoms with Crippen molar-refractivity contribution in [2.24, 2.45) is 0 Å². The lowest BCUT2D eigenvalue weighted by Crippen LogP contribution is -2.60. The molecule has 1 aliphatic heterocycles. The first kappa shape index (κ1) is 69.6. The minimum atomic E-state index is -1.57. The van der Waals surface area contributed by atoms with Gasteiger partial charge in [-0.25, -0.2) is 0 Å². The van der Waals surface area contributed by atoms with Gasteiger partial charge in [-0.2, -0.15) is 0 Å². The van der Waals surface area contributed by atoms with Crippen LogP contribution in [0.2, 0.25) is 0 Å². The molecule has 0 saturated carbocycles. The highest BCUT2D eigenvalue weighted by atomic mass is 16.7. The summed E-state index contributed by atoms with van der Waals surface area (Å²) in [5, 5.41) is 54.2. The third kappa shape index (κ3) is 41.7. The Kier molecular flexibility index (Phi) is 49.6. The topological polar surface area (TPSA) is 175 Å². The van der Waals surface area contributed by atoms with E-state index >= 15 is 0 Å². The number of hydrogen-bond acceptors (Lipinski definition) is 10. The lowest BCUT2D eigenvalue weighted by atomic mass is 9.99. The predicted octanol–water partition coefficient (Wildman–Crippen LogP) is 14.5. The van der Waals surface area contributed by atoms with E-state index < -0.39 is 49.5 Å². The van der Waals surface area contributed by atoms with Gasteiger partial charge in [0.1, 0.15) is 24.4 Å². The van der Waals surface area contributed by atoms with Gasteiger partial charge in [0.05, 0.1) is 32.0 Å². The van der Waals surface area contributed by atoms with Gasteiger partial charge in [0.2, 0.25) is 5.91 Å². The van der Waals surface area contributed by atoms with Crippen molar-refractivity contribution in [2.75, 3.05) is 19.8 Å². The van der Waals surface area contributed by atoms with Crippen LogP contribution in [0.15, 0.2) is 48.6 Å². The second kappa shape index (κ2) is 52.7. The molecule has 1 heterocycles. The van der Waals surface area contributed by atoms with Crippen molar-refractivity contribution < 1.29 is 49.3 Å². The number of nitrogens with one attached hydrogen (secondary N) is 1. The Morgan fingerprint density at radius 3 is 1.39 bits per heavy atom. The third-order valence-electron chi connectivity index (χ3n) is 14.4. The van der Waals surface area contributed by atoms with Crippen LogP contribution in [0, 0.1) is 0 Å². The maximum absolute atomic E-state index is 13.0. The molecule has 0 aromatic heterocycles. The second-order valence-electron chi connectivity index (χ2n) is 21.4. The molecule has 0 aromatic carbocycles. The smallest absolute Gasteiger partial charge is 0.305 e. The minimum Gasteiger partial charge on any atom is -0.466 e. The van der Waals surface area contributed by atoms with E-state index in [2.05, 4.69) is 55.6 Å². The number of allylic oxidation sites excluding steroid dienone is 7. The van der Waals surface area contributed by atoms with E-state index in [0.717, 1.165) is 89.9 Å². The molecule has 1 saturated heterocycles. The van der Waals surface area contributed by atoms with Crippen LogP contribution in [-0.2, 0) is 23.8 Å². The molecule has 0 radical (unpaired) electrons. The number of amides is 1. The van der Waals surface area contributed by atoms with E-state index in [0.29, 0.717) is 19.4 Å². The number of carbonyl (C=O) groups is 2. The molecule has 432 valence electrons. The SMILES string of the molecule is CCCCCC/C=C\C/C=C\CCCCCCCC(=O)OCCCCCCCCCCCC/C=C\CCCCCCCCCC(=O)NC(COC1OC(CO)C(O)C(O)C1O)C(O)/C=C/CCCCCCCCC. The number of aliphatic hydroxyl groups excluding tert-OH is 5. The molecule has 1 fully saturated rings. The maximum Gasteiger partial charge on any atom is 0.305 e. The summed E-state index contributed by atoms with van der Waals surface area (Å²) in [6.07, 6.45) is 56.5. The maximum atomic E-state index is 13.0. The molecule has 7 unspecified atom stereocenters. The molecular weight excluding hydrogens is 931 g/mol. The molecule has 0 spiro atoms. The summed E-state index contributed by atoms with van der Waals surface area (Å²) >= 11 is 0. The first-order valence-corrected chi connectivity index (χ1v) is 30.9. The third-order valence-corrected chi connectivity index (χ3v) is 14.4. The van der Waals surface area contributed by atoms with Crippen molar-refractivity contribution in [1.82, 2.24) is 5.32 Å². The average Bonchev–Trinajstić information content (AvgIpc) is 3.40. The number of carbonyl (C=O) groups excluding carboxylic acids is 2. The van der Waals surface area contributed by atoms with Crippen LogP contribution in [0.1, 0.15) is 277 Å². The Morgan fingerprint density at radius 1 is 0.500 bits per heavy atom. The van der Waals surface area contributed by atoms with Crippen molar-refractivity contribution >= 4 is 11.9 Å². The fraction of sp³-hybridized carbons (Fsp3) is 0.841. The van der Waals surface area contributed by atoms with Gasteiger partial charge in [-0.15, -0.1) is 0 Å². The monoisotopic (exact) mass is 1050 g/mol. The van der Waals surface area contributed by atoms with Gasteiger partial charge in [-0.1, -0.05) is 223 Å². The molecule has 1 amide bonds. The molecule has 0 aliphatic carbocycles. The van der Waals surface area contributed by atoms with Gasteiger partial charge in [0, 0.05) is 12.8 Å². The average molecular weight is 1050 g/mol. The Morgan fingerprint density at radius 2 is 0.905 bits per heavy atom. The lowest BCUT2D eigenvalue weighted by Gasteiger charge is -2.40. The highest BCUT2D eigenvalue weighted by Gasteiger charge is 2.44. The number of rotatable bonds is 53. The largest absolute Gasteiger partial charge is 0.466 e. The van der Waals surface area contributed by atoms with Crippen LogP contribution in [-0.4, -0.2) is 100 Å². The molecule has 0 aromatic rings. The molecule has 11 heteroatoms. The van der Waals surface area contributed by atoms with E-state index in [1.807, 2.05) is 6.08 Å². The Labute approximate surface area is 453 Å². The zero-order valence-electron chi connectivity index (χ0n) is 47.6. The van der Waals surface area contributed by atoms with Crippen molar-refractivity contribution in [2.45, 2.75) is 320 Å². The summed E-state index contributed by atoms with van der Waals surface area (Å²) in [4.78, 5) is 25.1. The van der Waals surface area contributed by atoms with E-state index in [-0.39, 0.29) is 18.5 Å². The van der Waals surface area contributed by atoms with Crippen molar-refractivity contribution in [3.63, 3.8) is 0 Å². The van der Waals surface area contributed by atoms with Crippen molar-refractivity contribution in [3.8, 4) is 0 Å². The summed E-state index contributed by atoms with van der Waals surface area (Å²) in [6, 6.07) is -0.815. The van der Waals surface area contributed by atoms with Crippen LogP contribution in [0.25, 0.3) is 0 Å². The second-order valence-corrected chi connectivity index (χ2v) is 21.4. The highest BCUT2D eigenvalue weighted by Crippen LogP contribution is 2.23. The normalized spacial score (nSPS) is 19.1. The van der Waals surface area contributed by atoms with Gasteiger partial charge >= 0.3 is 5.97 Å². The number of ether oxygens (including phenoxy) is 3. The zero-order chi connectivity index (χ0) is 53.8. The fourth-order valence-corrected chi connectivity index (χ4v) is 9.46. The predicted molar refractivity (Wildman–Crippen MR) is 306 cm³/mol. The number of unbranched alkanes of at least 4 members (excludes halogenated alkanes) is 33. The highest BCUT2D eigenvalue weighted by molar-refractivity contribution is 5.76. The Bertz CT molecular complexity index is 1370. The van der Waals surface area contributed by atoms with E-state index in [1.165, 1.54) is 161 Å². The molecule has 1 rings (SSSR count). The molecular formula is C63H115NO10. The fourth-order valence-electron chi connectivity index (χ4n) is 9.46. The molecule has 6 N–H and O–H groups in total. The minimum absolute atomic E-state index is 0.0190.